The molecule has 2 aliphatic rings. The first kappa shape index (κ1) is 16.1. The Labute approximate surface area is 136 Å². The van der Waals surface area contributed by atoms with E-state index in [-0.39, 0.29) is 36.0 Å². The molecule has 5 heteroatoms. The molecule has 23 heavy (non-hydrogen) atoms. The number of benzene rings is 1. The summed E-state index contributed by atoms with van der Waals surface area (Å²) >= 11 is 0. The van der Waals surface area contributed by atoms with Gasteiger partial charge in [0.1, 0.15) is 5.82 Å². The Balaban J connectivity index is 1.90. The van der Waals surface area contributed by atoms with Crippen LogP contribution in [0.5, 0.6) is 0 Å². The Kier molecular flexibility index (Phi) is 4.23. The third kappa shape index (κ3) is 2.78. The molecule has 3 unspecified atom stereocenters. The Morgan fingerprint density at radius 3 is 2.39 bits per heavy atom. The molecule has 0 aliphatic carbocycles. The molecule has 0 spiro atoms. The van der Waals surface area contributed by atoms with Crippen molar-refractivity contribution in [3.63, 3.8) is 0 Å². The van der Waals surface area contributed by atoms with Crippen molar-refractivity contribution in [3.8, 4) is 0 Å². The summed E-state index contributed by atoms with van der Waals surface area (Å²) in [6.45, 7) is 5.98. The third-order valence-electron chi connectivity index (χ3n) is 5.09. The molecule has 2 fully saturated rings. The number of carbonyl (C=O) groups excluding carboxylic acids is 2. The van der Waals surface area contributed by atoms with Crippen LogP contribution in [0, 0.1) is 12.7 Å². The van der Waals surface area contributed by atoms with Gasteiger partial charge in [0.05, 0.1) is 18.2 Å². The van der Waals surface area contributed by atoms with Crippen molar-refractivity contribution in [2.75, 3.05) is 4.90 Å². The van der Waals surface area contributed by atoms with Crippen LogP contribution in [0.3, 0.4) is 0 Å². The Hall–Kier alpha value is -1.75. The van der Waals surface area contributed by atoms with Crippen LogP contribution in [-0.4, -0.2) is 34.8 Å². The first-order valence-corrected chi connectivity index (χ1v) is 8.30. The normalized spacial score (nSPS) is 29.4. The van der Waals surface area contributed by atoms with Gasteiger partial charge in [-0.1, -0.05) is 12.5 Å². The van der Waals surface area contributed by atoms with E-state index in [1.807, 2.05) is 0 Å². The minimum absolute atomic E-state index is 0.0745. The monoisotopic (exact) mass is 318 g/mol. The highest BCUT2D eigenvalue weighted by molar-refractivity contribution is 6.22. The van der Waals surface area contributed by atoms with E-state index in [1.54, 1.807) is 13.0 Å². The molecule has 0 radical (unpaired) electrons. The van der Waals surface area contributed by atoms with E-state index in [2.05, 4.69) is 18.7 Å². The molecule has 0 N–H and O–H groups in total. The molecule has 0 aromatic heterocycles. The first-order chi connectivity index (χ1) is 10.9. The molecule has 0 saturated carbocycles. The van der Waals surface area contributed by atoms with Crippen molar-refractivity contribution < 1.29 is 14.0 Å². The van der Waals surface area contributed by atoms with Crippen molar-refractivity contribution in [3.05, 3.63) is 29.6 Å². The largest absolute Gasteiger partial charge is 0.286 e. The second kappa shape index (κ2) is 6.04. The fourth-order valence-corrected chi connectivity index (χ4v) is 3.95. The van der Waals surface area contributed by atoms with Crippen LogP contribution in [-0.2, 0) is 9.59 Å². The quantitative estimate of drug-likeness (QED) is 0.787. The number of imide groups is 1. The van der Waals surface area contributed by atoms with Crippen molar-refractivity contribution >= 4 is 17.5 Å². The summed E-state index contributed by atoms with van der Waals surface area (Å²) in [5.74, 6) is -1.13. The lowest BCUT2D eigenvalue weighted by atomic mass is 9.94. The van der Waals surface area contributed by atoms with E-state index in [1.165, 1.54) is 12.1 Å². The predicted molar refractivity (Wildman–Crippen MR) is 86.6 cm³/mol. The molecule has 2 saturated heterocycles. The molecule has 0 bridgehead atoms. The molecule has 2 amide bonds. The summed E-state index contributed by atoms with van der Waals surface area (Å²) in [7, 11) is 0. The molecule has 3 atom stereocenters. The Morgan fingerprint density at radius 1 is 1.13 bits per heavy atom. The second-order valence-corrected chi connectivity index (χ2v) is 6.82. The number of rotatable bonds is 2. The number of nitrogens with zero attached hydrogens (tertiary/aromatic N) is 2. The van der Waals surface area contributed by atoms with Crippen LogP contribution < -0.4 is 4.90 Å². The number of amides is 2. The summed E-state index contributed by atoms with van der Waals surface area (Å²) in [6.07, 6.45) is 3.34. The van der Waals surface area contributed by atoms with E-state index in [9.17, 15) is 14.0 Å². The van der Waals surface area contributed by atoms with Gasteiger partial charge < -0.3 is 0 Å². The van der Waals surface area contributed by atoms with Gasteiger partial charge in [0.25, 0.3) is 5.91 Å². The van der Waals surface area contributed by atoms with E-state index < -0.39 is 11.9 Å². The molecule has 4 nitrogen and oxygen atoms in total. The highest BCUT2D eigenvalue weighted by atomic mass is 19.1. The molecule has 3 rings (SSSR count). The van der Waals surface area contributed by atoms with Gasteiger partial charge in [0.2, 0.25) is 5.91 Å². The number of hydrogen-bond donors (Lipinski definition) is 0. The van der Waals surface area contributed by atoms with Gasteiger partial charge in [-0.25, -0.2) is 9.29 Å². The fraction of sp³-hybridized carbons (Fsp3) is 0.556. The van der Waals surface area contributed by atoms with Gasteiger partial charge in [-0.2, -0.15) is 0 Å². The minimum Gasteiger partial charge on any atom is -0.286 e. The predicted octanol–water partition coefficient (Wildman–Crippen LogP) is 3.03. The summed E-state index contributed by atoms with van der Waals surface area (Å²) in [5, 5.41) is 0. The average molecular weight is 318 g/mol. The van der Waals surface area contributed by atoms with Gasteiger partial charge >= 0.3 is 0 Å². The van der Waals surface area contributed by atoms with Gasteiger partial charge in [-0.15, -0.1) is 0 Å². The topological polar surface area (TPSA) is 40.6 Å². The van der Waals surface area contributed by atoms with Gasteiger partial charge in [0, 0.05) is 12.1 Å². The molecule has 2 aliphatic heterocycles. The summed E-state index contributed by atoms with van der Waals surface area (Å²) in [4.78, 5) is 28.4. The lowest BCUT2D eigenvalue weighted by Gasteiger charge is -2.41. The lowest BCUT2D eigenvalue weighted by molar-refractivity contribution is -0.124. The average Bonchev–Trinajstić information content (AvgIpc) is 2.75. The molecular weight excluding hydrogens is 295 g/mol. The smallest absolute Gasteiger partial charge is 0.251 e. The van der Waals surface area contributed by atoms with Crippen LogP contribution in [0.25, 0.3) is 0 Å². The molecule has 2 heterocycles. The van der Waals surface area contributed by atoms with E-state index >= 15 is 0 Å². The molecule has 1 aromatic rings. The van der Waals surface area contributed by atoms with Crippen molar-refractivity contribution in [1.82, 2.24) is 4.90 Å². The maximum Gasteiger partial charge on any atom is 0.251 e. The standard InChI is InChI=1S/C18H23FN2O2/c1-11-7-8-15(14(19)9-11)21-17(22)10-16(18(21)23)20-12(2)5-4-6-13(20)3/h7-9,12-13,16H,4-6,10H2,1-3H3. The zero-order chi connectivity index (χ0) is 16.7. The Bertz CT molecular complexity index is 636. The number of halogens is 1. The second-order valence-electron chi connectivity index (χ2n) is 6.82. The number of aryl methyl sites for hydroxylation is 1. The van der Waals surface area contributed by atoms with Gasteiger partial charge in [-0.3, -0.25) is 14.5 Å². The maximum atomic E-state index is 14.2. The summed E-state index contributed by atoms with van der Waals surface area (Å²) in [6, 6.07) is 4.67. The van der Waals surface area contributed by atoms with E-state index in [0.29, 0.717) is 0 Å². The van der Waals surface area contributed by atoms with E-state index in [0.717, 1.165) is 29.7 Å². The molecule has 124 valence electrons. The van der Waals surface area contributed by atoms with Crippen molar-refractivity contribution in [2.45, 2.75) is 64.6 Å². The van der Waals surface area contributed by atoms with Crippen LogP contribution in [0.15, 0.2) is 18.2 Å². The van der Waals surface area contributed by atoms with Crippen molar-refractivity contribution in [1.29, 1.82) is 0 Å². The van der Waals surface area contributed by atoms with Gasteiger partial charge in [0.15, 0.2) is 0 Å². The highest BCUT2D eigenvalue weighted by Crippen LogP contribution is 2.33. The number of likely N-dealkylation sites (tertiary alicyclic amines) is 1. The van der Waals surface area contributed by atoms with Crippen LogP contribution in [0.2, 0.25) is 0 Å². The minimum atomic E-state index is -0.521. The number of carbonyl (C=O) groups is 2. The third-order valence-corrected chi connectivity index (χ3v) is 5.09. The number of piperidine rings is 1. The van der Waals surface area contributed by atoms with Crippen molar-refractivity contribution in [2.24, 2.45) is 0 Å². The zero-order valence-electron chi connectivity index (χ0n) is 13.9. The van der Waals surface area contributed by atoms with Crippen LogP contribution in [0.4, 0.5) is 10.1 Å². The highest BCUT2D eigenvalue weighted by Gasteiger charge is 2.46. The van der Waals surface area contributed by atoms with Crippen LogP contribution >= 0.6 is 0 Å². The SMILES string of the molecule is Cc1ccc(N2C(=O)CC(N3C(C)CCCC3C)C2=O)c(F)c1. The zero-order valence-corrected chi connectivity index (χ0v) is 13.9. The first-order valence-electron chi connectivity index (χ1n) is 8.30. The van der Waals surface area contributed by atoms with Crippen LogP contribution in [0.1, 0.15) is 45.1 Å². The summed E-state index contributed by atoms with van der Waals surface area (Å²) in [5.41, 5.74) is 0.839. The maximum absolute atomic E-state index is 14.2. The van der Waals surface area contributed by atoms with Gasteiger partial charge in [-0.05, 0) is 51.3 Å². The summed E-state index contributed by atoms with van der Waals surface area (Å²) < 4.78 is 14.2. The molecule has 1 aromatic carbocycles. The Morgan fingerprint density at radius 2 is 1.78 bits per heavy atom. The lowest BCUT2D eigenvalue weighted by Crippen LogP contribution is -2.52. The fourth-order valence-electron chi connectivity index (χ4n) is 3.95. The molecular formula is C18H23FN2O2. The number of anilines is 1. The number of hydrogen-bond acceptors (Lipinski definition) is 3. The van der Waals surface area contributed by atoms with E-state index in [4.69, 9.17) is 0 Å².